The van der Waals surface area contributed by atoms with Gasteiger partial charge in [0.2, 0.25) is 11.3 Å². The molecule has 5 heteroatoms. The highest BCUT2D eigenvalue weighted by atomic mass is 35.5. The Bertz CT molecular complexity index is 285. The molecule has 0 aromatic rings. The molecule has 0 saturated heterocycles. The van der Waals surface area contributed by atoms with E-state index in [2.05, 4.69) is 4.99 Å². The van der Waals surface area contributed by atoms with E-state index in [9.17, 15) is 4.79 Å². The summed E-state index contributed by atoms with van der Waals surface area (Å²) in [6.45, 7) is 1.56. The lowest BCUT2D eigenvalue weighted by Crippen LogP contribution is -2.27. The fourth-order valence-corrected chi connectivity index (χ4v) is 1.38. The first-order chi connectivity index (χ1) is 5.48. The van der Waals surface area contributed by atoms with Crippen molar-refractivity contribution >= 4 is 40.9 Å². The van der Waals surface area contributed by atoms with E-state index in [0.29, 0.717) is 5.71 Å². The van der Waals surface area contributed by atoms with E-state index in [-0.39, 0.29) is 10.7 Å². The SMILES string of the molecule is CC1=NC(Cl)([C]=O)C=C(Cl)C1=N. The summed E-state index contributed by atoms with van der Waals surface area (Å²) >= 11 is 11.3. The first-order valence-electron chi connectivity index (χ1n) is 3.11. The van der Waals surface area contributed by atoms with E-state index in [1.807, 2.05) is 0 Å². The fraction of sp³-hybridized carbons (Fsp3) is 0.286. The molecule has 12 heavy (non-hydrogen) atoms. The van der Waals surface area contributed by atoms with Crippen LogP contribution in [0.2, 0.25) is 0 Å². The molecule has 0 amide bonds. The maximum absolute atomic E-state index is 10.3. The van der Waals surface area contributed by atoms with Crippen LogP contribution in [0.5, 0.6) is 0 Å². The van der Waals surface area contributed by atoms with Gasteiger partial charge in [-0.3, -0.25) is 15.2 Å². The molecule has 1 aliphatic heterocycles. The van der Waals surface area contributed by atoms with Gasteiger partial charge in [-0.25, -0.2) is 0 Å². The zero-order valence-electron chi connectivity index (χ0n) is 6.19. The van der Waals surface area contributed by atoms with Crippen LogP contribution in [-0.2, 0) is 4.79 Å². The van der Waals surface area contributed by atoms with Crippen LogP contribution in [0.3, 0.4) is 0 Å². The van der Waals surface area contributed by atoms with Gasteiger partial charge in [-0.2, -0.15) is 0 Å². The third kappa shape index (κ3) is 1.57. The first-order valence-corrected chi connectivity index (χ1v) is 3.86. The summed E-state index contributed by atoms with van der Waals surface area (Å²) in [4.78, 5) is 12.5. The number of carbonyl (C=O) groups excluding carboxylic acids is 1. The Balaban J connectivity index is 3.15. The van der Waals surface area contributed by atoms with Crippen LogP contribution in [0.25, 0.3) is 0 Å². The second-order valence-corrected chi connectivity index (χ2v) is 3.32. The lowest BCUT2D eigenvalue weighted by molar-refractivity contribution is 0.545. The van der Waals surface area contributed by atoms with Crippen LogP contribution < -0.4 is 0 Å². The van der Waals surface area contributed by atoms with Gasteiger partial charge in [-0.15, -0.1) is 0 Å². The predicted octanol–water partition coefficient (Wildman–Crippen LogP) is 1.65. The number of hydrogen-bond donors (Lipinski definition) is 1. The standard InChI is InChI=1S/C7H5Cl2N2O/c1-4-6(10)5(8)2-7(9,3-12)11-4/h2,10H,1H3. The Morgan fingerprint density at radius 3 is 2.75 bits per heavy atom. The minimum atomic E-state index is -1.54. The molecule has 0 aliphatic carbocycles. The van der Waals surface area contributed by atoms with Crippen molar-refractivity contribution in [2.75, 3.05) is 0 Å². The van der Waals surface area contributed by atoms with Gasteiger partial charge in [0, 0.05) is 0 Å². The van der Waals surface area contributed by atoms with Gasteiger partial charge in [0.05, 0.1) is 16.5 Å². The molecule has 0 spiro atoms. The van der Waals surface area contributed by atoms with E-state index in [0.717, 1.165) is 0 Å². The first kappa shape index (κ1) is 9.42. The highest BCUT2D eigenvalue weighted by Gasteiger charge is 2.30. The van der Waals surface area contributed by atoms with Gasteiger partial charge in [-0.05, 0) is 13.0 Å². The third-order valence-electron chi connectivity index (χ3n) is 1.39. The molecule has 0 aromatic carbocycles. The molecule has 3 nitrogen and oxygen atoms in total. The average molecular weight is 204 g/mol. The van der Waals surface area contributed by atoms with Gasteiger partial charge >= 0.3 is 0 Å². The summed E-state index contributed by atoms with van der Waals surface area (Å²) in [5.74, 6) is 0. The summed E-state index contributed by atoms with van der Waals surface area (Å²) < 4.78 is 0. The monoisotopic (exact) mass is 203 g/mol. The van der Waals surface area contributed by atoms with E-state index in [1.165, 1.54) is 12.4 Å². The van der Waals surface area contributed by atoms with Crippen molar-refractivity contribution < 1.29 is 4.79 Å². The molecule has 0 fully saturated rings. The molecule has 1 unspecified atom stereocenters. The molecular weight excluding hydrogens is 199 g/mol. The van der Waals surface area contributed by atoms with Crippen LogP contribution in [-0.4, -0.2) is 22.7 Å². The van der Waals surface area contributed by atoms with Crippen molar-refractivity contribution in [3.8, 4) is 0 Å². The van der Waals surface area contributed by atoms with Crippen LogP contribution in [0.15, 0.2) is 16.1 Å². The van der Waals surface area contributed by atoms with Crippen LogP contribution in [0.4, 0.5) is 0 Å². The van der Waals surface area contributed by atoms with Crippen LogP contribution >= 0.6 is 23.2 Å². The molecule has 0 saturated carbocycles. The Labute approximate surface area is 79.6 Å². The number of rotatable bonds is 1. The second-order valence-electron chi connectivity index (χ2n) is 2.34. The van der Waals surface area contributed by atoms with Gasteiger partial charge in [-0.1, -0.05) is 23.2 Å². The van der Waals surface area contributed by atoms with Gasteiger partial charge in [0.25, 0.3) is 0 Å². The molecular formula is C7H5Cl2N2O. The van der Waals surface area contributed by atoms with Crippen molar-refractivity contribution in [3.05, 3.63) is 11.1 Å². The quantitative estimate of drug-likeness (QED) is 0.512. The fourth-order valence-electron chi connectivity index (χ4n) is 0.797. The van der Waals surface area contributed by atoms with Gasteiger partial charge in [0.1, 0.15) is 0 Å². The lowest BCUT2D eigenvalue weighted by Gasteiger charge is -2.17. The minimum Gasteiger partial charge on any atom is -0.297 e. The zero-order valence-corrected chi connectivity index (χ0v) is 7.70. The molecule has 63 valence electrons. The van der Waals surface area contributed by atoms with Crippen molar-refractivity contribution in [1.29, 1.82) is 5.41 Å². The summed E-state index contributed by atoms with van der Waals surface area (Å²) in [6, 6.07) is 0. The third-order valence-corrected chi connectivity index (χ3v) is 1.96. The number of allylic oxidation sites excluding steroid dienone is 1. The van der Waals surface area contributed by atoms with E-state index in [1.54, 1.807) is 6.92 Å². The van der Waals surface area contributed by atoms with Crippen molar-refractivity contribution in [2.24, 2.45) is 4.99 Å². The molecule has 1 aliphatic rings. The maximum Gasteiger partial charge on any atom is 0.249 e. The Hall–Kier alpha value is -0.670. The molecule has 1 rings (SSSR count). The number of nitrogens with zero attached hydrogens (tertiary/aromatic N) is 1. The zero-order chi connectivity index (χ0) is 9.35. The summed E-state index contributed by atoms with van der Waals surface area (Å²) in [5, 5.41) is 7.46. The van der Waals surface area contributed by atoms with Crippen LogP contribution in [0.1, 0.15) is 6.92 Å². The Kier molecular flexibility index (Phi) is 2.35. The predicted molar refractivity (Wildman–Crippen MR) is 49.0 cm³/mol. The van der Waals surface area contributed by atoms with E-state index >= 15 is 0 Å². The molecule has 0 aromatic heterocycles. The van der Waals surface area contributed by atoms with Crippen LogP contribution in [0, 0.1) is 5.41 Å². The number of nitrogens with one attached hydrogen (secondary N) is 1. The highest BCUT2D eigenvalue weighted by molar-refractivity contribution is 6.61. The topological polar surface area (TPSA) is 53.3 Å². The molecule has 0 bridgehead atoms. The van der Waals surface area contributed by atoms with Crippen molar-refractivity contribution in [2.45, 2.75) is 11.9 Å². The maximum atomic E-state index is 10.3. The molecule has 1 heterocycles. The second kappa shape index (κ2) is 2.99. The highest BCUT2D eigenvalue weighted by Crippen LogP contribution is 2.25. The summed E-state index contributed by atoms with van der Waals surface area (Å²) in [6.07, 6.45) is 2.72. The van der Waals surface area contributed by atoms with Gasteiger partial charge in [0.15, 0.2) is 0 Å². The number of alkyl halides is 1. The average Bonchev–Trinajstić information content (AvgIpc) is 2.00. The largest absolute Gasteiger partial charge is 0.297 e. The van der Waals surface area contributed by atoms with Crippen molar-refractivity contribution in [3.63, 3.8) is 0 Å². The lowest BCUT2D eigenvalue weighted by atomic mass is 10.1. The molecule has 1 atom stereocenters. The normalized spacial score (nSPS) is 29.4. The number of aliphatic imine (C=N–C) groups is 1. The minimum absolute atomic E-state index is 0.0863. The Morgan fingerprint density at radius 1 is 1.75 bits per heavy atom. The van der Waals surface area contributed by atoms with Crippen molar-refractivity contribution in [1.82, 2.24) is 0 Å². The summed E-state index contributed by atoms with van der Waals surface area (Å²) in [7, 11) is 0. The smallest absolute Gasteiger partial charge is 0.249 e. The number of halogens is 2. The Morgan fingerprint density at radius 2 is 2.33 bits per heavy atom. The van der Waals surface area contributed by atoms with E-state index in [4.69, 9.17) is 28.6 Å². The summed E-state index contributed by atoms with van der Waals surface area (Å²) in [5.41, 5.74) is 0.420. The molecule has 1 radical (unpaired) electrons. The number of hydrogen-bond acceptors (Lipinski definition) is 3. The van der Waals surface area contributed by atoms with E-state index < -0.39 is 5.00 Å². The molecule has 1 N–H and O–H groups in total. The number of dihydropyridines is 1. The van der Waals surface area contributed by atoms with Gasteiger partial charge < -0.3 is 0 Å².